The predicted molar refractivity (Wildman–Crippen MR) is 364 cm³/mol. The number of nitrogens with zero attached hydrogens (tertiary/aromatic N) is 1. The van der Waals surface area contributed by atoms with Gasteiger partial charge in [-0.2, -0.15) is 0 Å². The molecule has 16 nitrogen and oxygen atoms in total. The summed E-state index contributed by atoms with van der Waals surface area (Å²) in [6.45, 7) is 42.9. The summed E-state index contributed by atoms with van der Waals surface area (Å²) < 4.78 is 20.9. The van der Waals surface area contributed by atoms with Crippen molar-refractivity contribution in [3.05, 3.63) is 138 Å². The zero-order chi connectivity index (χ0) is 67.8. The maximum absolute atomic E-state index is 13.7. The van der Waals surface area contributed by atoms with Gasteiger partial charge < -0.3 is 45.7 Å². The van der Waals surface area contributed by atoms with Gasteiger partial charge in [0.1, 0.15) is 17.2 Å². The summed E-state index contributed by atoms with van der Waals surface area (Å²) in [7, 11) is 0. The third-order valence-electron chi connectivity index (χ3n) is 12.5. The average Bonchev–Trinajstić information content (AvgIpc) is 2.26. The maximum Gasteiger partial charge on any atom is 0.408 e. The summed E-state index contributed by atoms with van der Waals surface area (Å²) in [5.41, 5.74) is 8.57. The van der Waals surface area contributed by atoms with E-state index in [2.05, 4.69) is 97.0 Å². The summed E-state index contributed by atoms with van der Waals surface area (Å²) in [4.78, 5) is 75.8. The Labute approximate surface area is 557 Å². The number of carbonyl (C=O) groups is 6. The Morgan fingerprint density at radius 2 is 0.843 bits per heavy atom. The van der Waals surface area contributed by atoms with Crippen molar-refractivity contribution in [1.29, 1.82) is 0 Å². The minimum Gasteiger partial charge on any atom is -0.479 e. The van der Waals surface area contributed by atoms with Gasteiger partial charge in [-0.25, -0.2) is 24.0 Å². The van der Waals surface area contributed by atoms with Gasteiger partial charge in [-0.3, -0.25) is 9.69 Å². The van der Waals surface area contributed by atoms with Crippen LogP contribution in [0.2, 0.25) is 20.1 Å². The summed E-state index contributed by atoms with van der Waals surface area (Å²) in [6, 6.07) is 22.0. The molecule has 0 spiro atoms. The Morgan fingerprint density at radius 1 is 0.506 bits per heavy atom. The number of benzene rings is 4. The number of carbonyl (C=O) groups excluding carboxylic acids is 5. The van der Waals surface area contributed by atoms with E-state index in [4.69, 9.17) is 71.1 Å². The summed E-state index contributed by atoms with van der Waals surface area (Å²) in [6.07, 6.45) is 1.54. The monoisotopic (exact) mass is 1340 g/mol. The molecule has 500 valence electrons. The van der Waals surface area contributed by atoms with Gasteiger partial charge in [-0.1, -0.05) is 119 Å². The molecule has 0 aliphatic rings. The molecular weight excluding hydrogens is 1240 g/mol. The van der Waals surface area contributed by atoms with Gasteiger partial charge in [0.2, 0.25) is 5.91 Å². The van der Waals surface area contributed by atoms with Crippen molar-refractivity contribution in [2.45, 2.75) is 231 Å². The SMILES string of the molecule is CC(C)(C)OC(=O)NC(C(=O)O)c1cc(Cl)cc(Cl)c1.CC(C)OC(=O)c1ccc([C@@H](CCC(C)(C)C)NC(=O)C(NC(=O)OC(C)(C)C)c2cc(Cl)cc(Cl)c2)cc1.CC(C)OC(=O)c1ccc([C@H](N)CCC(C)(C)C)cc1.CCN(C(C)C)C(C)C.Cl. The van der Waals surface area contributed by atoms with Crippen molar-refractivity contribution >= 4 is 94.8 Å². The van der Waals surface area contributed by atoms with E-state index in [-0.39, 0.29) is 57.6 Å². The Balaban J connectivity index is 0.00000130. The molecule has 0 fully saturated rings. The smallest absolute Gasteiger partial charge is 0.408 e. The Bertz CT molecular complexity index is 2790. The highest BCUT2D eigenvalue weighted by Crippen LogP contribution is 2.31. The first kappa shape index (κ1) is 83.7. The number of nitrogens with two attached hydrogens (primary N) is 1. The molecule has 4 atom stereocenters. The van der Waals surface area contributed by atoms with Crippen LogP contribution in [0.25, 0.3) is 0 Å². The van der Waals surface area contributed by atoms with Crippen molar-refractivity contribution in [2.24, 2.45) is 16.6 Å². The number of aliphatic carboxylic acids is 1. The van der Waals surface area contributed by atoms with Gasteiger partial charge in [0.05, 0.1) is 29.4 Å². The van der Waals surface area contributed by atoms with Gasteiger partial charge in [0, 0.05) is 38.2 Å². The Morgan fingerprint density at radius 3 is 1.15 bits per heavy atom. The highest BCUT2D eigenvalue weighted by atomic mass is 35.5. The van der Waals surface area contributed by atoms with E-state index in [0.29, 0.717) is 50.7 Å². The van der Waals surface area contributed by atoms with Crippen molar-refractivity contribution < 1.29 is 52.8 Å². The molecule has 0 saturated carbocycles. The molecule has 0 aliphatic carbocycles. The predicted octanol–water partition coefficient (Wildman–Crippen LogP) is 18.1. The lowest BCUT2D eigenvalue weighted by Gasteiger charge is -2.28. The third kappa shape index (κ3) is 35.8. The Hall–Kier alpha value is -5.33. The van der Waals surface area contributed by atoms with Gasteiger partial charge in [-0.15, -0.1) is 12.4 Å². The minimum absolute atomic E-state index is 0. The van der Waals surface area contributed by atoms with Crippen LogP contribution >= 0.6 is 58.8 Å². The molecule has 0 radical (unpaired) electrons. The van der Waals surface area contributed by atoms with E-state index in [9.17, 15) is 33.9 Å². The number of esters is 2. The molecule has 89 heavy (non-hydrogen) atoms. The maximum atomic E-state index is 13.7. The molecule has 4 aromatic carbocycles. The molecule has 6 N–H and O–H groups in total. The van der Waals surface area contributed by atoms with Gasteiger partial charge in [0.15, 0.2) is 6.04 Å². The first-order valence-corrected chi connectivity index (χ1v) is 31.4. The fourth-order valence-electron chi connectivity index (χ4n) is 8.44. The standard InChI is InChI=1S/C30H40Cl2N2O5.C17H27NO2.C13H15Cl2NO4.C8H19N.ClH/c1-18(2)38-27(36)20-11-9-19(10-12-20)24(13-14-29(3,4)5)33-26(35)25(34-28(37)39-30(6,7)8)21-15-22(31)17-23(32)16-21;1-12(2)20-16(19)14-8-6-13(7-9-14)15(18)10-11-17(3,4)5;1-13(2,3)20-12(19)16-10(11(17)18)7-4-8(14)6-9(15)5-7;1-6-9(7(2)3)8(4)5;/h9-12,15-18,24-25H,13-14H2,1-8H3,(H,33,35)(H,34,37);6-9,12,15H,10-11,18H2,1-5H3;4-6,10H,1-3H3,(H,16,19)(H,17,18);7-8H,6H2,1-5H3;1H/t24-,25?;15-;;;/m11.../s1. The van der Waals surface area contributed by atoms with Crippen LogP contribution < -0.4 is 21.7 Å². The highest BCUT2D eigenvalue weighted by Gasteiger charge is 2.30. The second-order valence-corrected chi connectivity index (χ2v) is 28.7. The number of hydrogen-bond donors (Lipinski definition) is 5. The molecule has 4 aromatic rings. The van der Waals surface area contributed by atoms with E-state index in [1.165, 1.54) is 18.2 Å². The normalized spacial score (nSPS) is 12.9. The van der Waals surface area contributed by atoms with Gasteiger partial charge in [-0.05, 0) is 223 Å². The van der Waals surface area contributed by atoms with Crippen LogP contribution in [0.15, 0.2) is 84.9 Å². The number of halogens is 5. The van der Waals surface area contributed by atoms with Crippen LogP contribution in [0.5, 0.6) is 0 Å². The fraction of sp³-hybridized carbons (Fsp3) is 0.559. The number of rotatable bonds is 20. The van der Waals surface area contributed by atoms with Crippen LogP contribution in [0.1, 0.15) is 238 Å². The number of ether oxygens (including phenoxy) is 4. The molecule has 0 aromatic heterocycles. The van der Waals surface area contributed by atoms with E-state index in [1.54, 1.807) is 110 Å². The highest BCUT2D eigenvalue weighted by molar-refractivity contribution is 6.35. The molecule has 0 heterocycles. The zero-order valence-corrected chi connectivity index (χ0v) is 60.1. The number of amides is 3. The molecule has 4 rings (SSSR count). The topological polar surface area (TPSA) is 225 Å². The van der Waals surface area contributed by atoms with Gasteiger partial charge in [0.25, 0.3) is 0 Å². The number of alkyl carbamates (subject to hydrolysis) is 2. The van der Waals surface area contributed by atoms with E-state index in [1.807, 2.05) is 26.0 Å². The van der Waals surface area contributed by atoms with Crippen molar-refractivity contribution in [3.8, 4) is 0 Å². The van der Waals surface area contributed by atoms with E-state index < -0.39 is 59.4 Å². The lowest BCUT2D eigenvalue weighted by atomic mass is 9.87. The van der Waals surface area contributed by atoms with E-state index in [0.717, 1.165) is 36.9 Å². The number of hydrogen-bond acceptors (Lipinski definition) is 12. The summed E-state index contributed by atoms with van der Waals surface area (Å²) in [5, 5.41) is 18.4. The molecule has 21 heteroatoms. The quantitative estimate of drug-likeness (QED) is 0.0411. The number of carboxylic acid groups (broad SMARTS) is 1. The largest absolute Gasteiger partial charge is 0.479 e. The van der Waals surface area contributed by atoms with Crippen LogP contribution in [0, 0.1) is 10.8 Å². The van der Waals surface area contributed by atoms with Gasteiger partial charge >= 0.3 is 30.1 Å². The van der Waals surface area contributed by atoms with Crippen LogP contribution in [-0.2, 0) is 28.5 Å². The first-order valence-electron chi connectivity index (χ1n) is 29.9. The molecule has 0 bridgehead atoms. The lowest BCUT2D eigenvalue weighted by molar-refractivity contribution is -0.139. The zero-order valence-electron chi connectivity index (χ0n) is 56.2. The van der Waals surface area contributed by atoms with Crippen LogP contribution in [0.4, 0.5) is 9.59 Å². The van der Waals surface area contributed by atoms with Crippen molar-refractivity contribution in [1.82, 2.24) is 20.9 Å². The molecule has 2 unspecified atom stereocenters. The molecule has 0 saturated heterocycles. The first-order chi connectivity index (χ1) is 40.3. The minimum atomic E-state index is -1.29. The fourth-order valence-corrected chi connectivity index (χ4v) is 9.53. The molecule has 0 aliphatic heterocycles. The second-order valence-electron chi connectivity index (χ2n) is 26.9. The number of carboxylic acids is 1. The number of nitrogens with one attached hydrogen (secondary N) is 3. The molecular formula is C68H102Cl5N5O11. The third-order valence-corrected chi connectivity index (χ3v) is 13.3. The summed E-state index contributed by atoms with van der Waals surface area (Å²) in [5.74, 6) is -2.39. The van der Waals surface area contributed by atoms with E-state index >= 15 is 0 Å². The van der Waals surface area contributed by atoms with Crippen molar-refractivity contribution in [2.75, 3.05) is 6.54 Å². The average molecular weight is 1340 g/mol. The lowest BCUT2D eigenvalue weighted by Crippen LogP contribution is -2.43. The molecule has 3 amide bonds. The second kappa shape index (κ2) is 38.5. The van der Waals surface area contributed by atoms with Crippen LogP contribution in [0.3, 0.4) is 0 Å². The Kier molecular flexibility index (Phi) is 36.2. The van der Waals surface area contributed by atoms with Crippen LogP contribution in [-0.4, -0.2) is 88.0 Å². The summed E-state index contributed by atoms with van der Waals surface area (Å²) >= 11 is 24.1. The van der Waals surface area contributed by atoms with Crippen molar-refractivity contribution in [3.63, 3.8) is 0 Å².